The normalized spacial score (nSPS) is 10.7. The number of hydrogen-bond donors (Lipinski definition) is 2. The molecule has 0 fully saturated rings. The predicted molar refractivity (Wildman–Crippen MR) is 79.7 cm³/mol. The summed E-state index contributed by atoms with van der Waals surface area (Å²) < 4.78 is 14.6. The third kappa shape index (κ3) is 3.18. The predicted octanol–water partition coefficient (Wildman–Crippen LogP) is 2.10. The van der Waals surface area contributed by atoms with Gasteiger partial charge < -0.3 is 14.8 Å². The number of aromatic carboxylic acids is 1. The fraction of sp³-hybridized carbons (Fsp3) is 0.0625. The van der Waals surface area contributed by atoms with E-state index in [9.17, 15) is 14.0 Å². The molecule has 0 aliphatic carbocycles. The highest BCUT2D eigenvalue weighted by molar-refractivity contribution is 5.92. The number of carbonyl (C=O) groups is 2. The first-order valence-corrected chi connectivity index (χ1v) is 6.77. The zero-order chi connectivity index (χ0) is 16.4. The number of amides is 1. The molecule has 116 valence electrons. The van der Waals surface area contributed by atoms with Crippen molar-refractivity contribution in [3.05, 3.63) is 71.4 Å². The van der Waals surface area contributed by atoms with Crippen LogP contribution in [0.4, 0.5) is 4.39 Å². The van der Waals surface area contributed by atoms with Crippen molar-refractivity contribution in [1.29, 1.82) is 0 Å². The minimum absolute atomic E-state index is 0.178. The van der Waals surface area contributed by atoms with Gasteiger partial charge in [-0.1, -0.05) is 12.1 Å². The van der Waals surface area contributed by atoms with Crippen molar-refractivity contribution in [1.82, 2.24) is 14.7 Å². The van der Waals surface area contributed by atoms with Crippen molar-refractivity contribution in [2.75, 3.05) is 0 Å². The van der Waals surface area contributed by atoms with Gasteiger partial charge in [-0.05, 0) is 29.8 Å². The van der Waals surface area contributed by atoms with E-state index in [1.54, 1.807) is 12.1 Å². The van der Waals surface area contributed by atoms with Gasteiger partial charge in [0.25, 0.3) is 5.91 Å². The first kappa shape index (κ1) is 14.7. The molecule has 0 bridgehead atoms. The highest BCUT2D eigenvalue weighted by Crippen LogP contribution is 2.08. The van der Waals surface area contributed by atoms with Crippen LogP contribution in [0.15, 0.2) is 48.8 Å². The molecule has 1 amide bonds. The lowest BCUT2D eigenvalue weighted by atomic mass is 10.1. The number of aromatic nitrogens is 2. The van der Waals surface area contributed by atoms with Crippen LogP contribution in [0.25, 0.3) is 5.65 Å². The summed E-state index contributed by atoms with van der Waals surface area (Å²) in [6.07, 6.45) is 2.69. The second-order valence-corrected chi connectivity index (χ2v) is 4.92. The molecule has 0 radical (unpaired) electrons. The maximum Gasteiger partial charge on any atom is 0.335 e. The number of halogens is 1. The molecule has 23 heavy (non-hydrogen) atoms. The Kier molecular flexibility index (Phi) is 3.76. The maximum atomic E-state index is 13.1. The fourth-order valence-electron chi connectivity index (χ4n) is 2.11. The average molecular weight is 313 g/mol. The average Bonchev–Trinajstić information content (AvgIpc) is 2.96. The van der Waals surface area contributed by atoms with E-state index in [1.807, 2.05) is 0 Å². The van der Waals surface area contributed by atoms with Gasteiger partial charge in [0.2, 0.25) is 0 Å². The van der Waals surface area contributed by atoms with Crippen LogP contribution in [-0.2, 0) is 6.54 Å². The van der Waals surface area contributed by atoms with Gasteiger partial charge in [0.05, 0.1) is 5.56 Å². The standard InChI is InChI=1S/C16H12FN3O3/c17-12-5-6-14-19-13(9-20(14)8-12)15(21)18-7-10-1-3-11(4-2-10)16(22)23/h1-6,8-9H,7H2,(H,18,21)(H,22,23). The van der Waals surface area contributed by atoms with Crippen molar-refractivity contribution in [2.24, 2.45) is 0 Å². The third-order valence-electron chi connectivity index (χ3n) is 3.30. The Balaban J connectivity index is 1.69. The van der Waals surface area contributed by atoms with Crippen LogP contribution in [0.5, 0.6) is 0 Å². The molecule has 0 aliphatic heterocycles. The SMILES string of the molecule is O=C(O)c1ccc(CNC(=O)c2cn3cc(F)ccc3n2)cc1. The molecule has 0 saturated carbocycles. The van der Waals surface area contributed by atoms with E-state index in [4.69, 9.17) is 5.11 Å². The Morgan fingerprint density at radius 3 is 2.57 bits per heavy atom. The van der Waals surface area contributed by atoms with Crippen LogP contribution >= 0.6 is 0 Å². The number of nitrogens with zero attached hydrogens (tertiary/aromatic N) is 2. The Labute approximate surface area is 130 Å². The third-order valence-corrected chi connectivity index (χ3v) is 3.30. The minimum atomic E-state index is -1.00. The van der Waals surface area contributed by atoms with E-state index in [-0.39, 0.29) is 17.8 Å². The van der Waals surface area contributed by atoms with Gasteiger partial charge in [0, 0.05) is 18.9 Å². The van der Waals surface area contributed by atoms with Crippen LogP contribution in [0.1, 0.15) is 26.4 Å². The van der Waals surface area contributed by atoms with Gasteiger partial charge in [-0.25, -0.2) is 14.2 Å². The van der Waals surface area contributed by atoms with Crippen molar-refractivity contribution in [2.45, 2.75) is 6.54 Å². The van der Waals surface area contributed by atoms with Gasteiger partial charge in [-0.3, -0.25) is 4.79 Å². The second kappa shape index (κ2) is 5.88. The molecule has 0 spiro atoms. The van der Waals surface area contributed by atoms with E-state index in [2.05, 4.69) is 10.3 Å². The van der Waals surface area contributed by atoms with Crippen molar-refractivity contribution in [3.8, 4) is 0 Å². The lowest BCUT2D eigenvalue weighted by Gasteiger charge is -2.03. The molecule has 0 aliphatic rings. The quantitative estimate of drug-likeness (QED) is 0.772. The highest BCUT2D eigenvalue weighted by Gasteiger charge is 2.11. The molecule has 0 unspecified atom stereocenters. The van der Waals surface area contributed by atoms with Gasteiger partial charge >= 0.3 is 5.97 Å². The first-order valence-electron chi connectivity index (χ1n) is 6.77. The van der Waals surface area contributed by atoms with Crippen LogP contribution in [0.3, 0.4) is 0 Å². The van der Waals surface area contributed by atoms with Crippen LogP contribution in [0, 0.1) is 5.82 Å². The van der Waals surface area contributed by atoms with Crippen LogP contribution < -0.4 is 5.32 Å². The summed E-state index contributed by atoms with van der Waals surface area (Å²) in [5, 5.41) is 11.5. The molecular weight excluding hydrogens is 301 g/mol. The van der Waals surface area contributed by atoms with Gasteiger partial charge in [0.1, 0.15) is 17.2 Å². The number of carboxylic acid groups (broad SMARTS) is 1. The largest absolute Gasteiger partial charge is 0.478 e. The zero-order valence-electron chi connectivity index (χ0n) is 11.9. The molecule has 0 saturated heterocycles. The molecule has 2 aromatic heterocycles. The summed E-state index contributed by atoms with van der Waals surface area (Å²) in [6.45, 7) is 0.237. The Bertz CT molecular complexity index is 887. The summed E-state index contributed by atoms with van der Waals surface area (Å²) in [4.78, 5) is 26.9. The Morgan fingerprint density at radius 1 is 1.13 bits per heavy atom. The minimum Gasteiger partial charge on any atom is -0.478 e. The Morgan fingerprint density at radius 2 is 1.87 bits per heavy atom. The summed E-state index contributed by atoms with van der Waals surface area (Å²) >= 11 is 0. The second-order valence-electron chi connectivity index (χ2n) is 4.92. The van der Waals surface area contributed by atoms with Gasteiger partial charge in [0.15, 0.2) is 0 Å². The number of nitrogens with one attached hydrogen (secondary N) is 1. The molecule has 7 heteroatoms. The summed E-state index contributed by atoms with van der Waals surface area (Å²) in [7, 11) is 0. The van der Waals surface area contributed by atoms with E-state index in [0.717, 1.165) is 5.56 Å². The first-order chi connectivity index (χ1) is 11.0. The lowest BCUT2D eigenvalue weighted by molar-refractivity contribution is 0.0696. The number of benzene rings is 1. The van der Waals surface area contributed by atoms with E-state index in [1.165, 1.54) is 41.1 Å². The molecule has 6 nitrogen and oxygen atoms in total. The fourth-order valence-corrected chi connectivity index (χ4v) is 2.11. The summed E-state index contributed by atoms with van der Waals surface area (Å²) in [5.41, 5.74) is 1.60. The zero-order valence-corrected chi connectivity index (χ0v) is 11.9. The number of rotatable bonds is 4. The molecule has 2 N–H and O–H groups in total. The molecule has 1 aromatic carbocycles. The highest BCUT2D eigenvalue weighted by atomic mass is 19.1. The van der Waals surface area contributed by atoms with Crippen molar-refractivity contribution < 1.29 is 19.1 Å². The van der Waals surface area contributed by atoms with Crippen LogP contribution in [-0.4, -0.2) is 26.4 Å². The van der Waals surface area contributed by atoms with Gasteiger partial charge in [-0.15, -0.1) is 0 Å². The molecule has 0 atom stereocenters. The molecular formula is C16H12FN3O3. The van der Waals surface area contributed by atoms with Gasteiger partial charge in [-0.2, -0.15) is 0 Å². The van der Waals surface area contributed by atoms with Crippen LogP contribution in [0.2, 0.25) is 0 Å². The molecule has 3 rings (SSSR count). The number of imidazole rings is 1. The molecule has 2 heterocycles. The topological polar surface area (TPSA) is 83.7 Å². The van der Waals surface area contributed by atoms with E-state index in [0.29, 0.717) is 5.65 Å². The lowest BCUT2D eigenvalue weighted by Crippen LogP contribution is -2.23. The molecule has 3 aromatic rings. The summed E-state index contributed by atoms with van der Waals surface area (Å²) in [5.74, 6) is -1.81. The smallest absolute Gasteiger partial charge is 0.335 e. The summed E-state index contributed by atoms with van der Waals surface area (Å²) in [6, 6.07) is 8.95. The van der Waals surface area contributed by atoms with E-state index >= 15 is 0 Å². The van der Waals surface area contributed by atoms with E-state index < -0.39 is 17.7 Å². The number of pyridine rings is 1. The van der Waals surface area contributed by atoms with Crippen molar-refractivity contribution in [3.63, 3.8) is 0 Å². The number of carbonyl (C=O) groups excluding carboxylic acids is 1. The maximum absolute atomic E-state index is 13.1. The number of hydrogen-bond acceptors (Lipinski definition) is 3. The number of fused-ring (bicyclic) bond motifs is 1. The van der Waals surface area contributed by atoms with Crippen molar-refractivity contribution >= 4 is 17.5 Å². The monoisotopic (exact) mass is 313 g/mol. The number of carboxylic acids is 1. The Hall–Kier alpha value is -3.22.